The van der Waals surface area contributed by atoms with Crippen LogP contribution in [0.1, 0.15) is 33.9 Å². The van der Waals surface area contributed by atoms with E-state index in [0.29, 0.717) is 6.61 Å². The van der Waals surface area contributed by atoms with Crippen LogP contribution in [0.4, 0.5) is 0 Å². The summed E-state index contributed by atoms with van der Waals surface area (Å²) in [6.07, 6.45) is -0.542. The van der Waals surface area contributed by atoms with Crippen LogP contribution in [-0.4, -0.2) is 11.7 Å². The summed E-state index contributed by atoms with van der Waals surface area (Å²) in [5.41, 5.74) is 2.06. The minimum Gasteiger partial charge on any atom is -0.494 e. The van der Waals surface area contributed by atoms with E-state index < -0.39 is 6.10 Å². The van der Waals surface area contributed by atoms with Gasteiger partial charge in [0.15, 0.2) is 0 Å². The molecule has 1 unspecified atom stereocenters. The largest absolute Gasteiger partial charge is 0.494 e. The minimum atomic E-state index is -0.542. The molecule has 2 aromatic rings. The normalized spacial score (nSPS) is 12.4. The Bertz CT molecular complexity index is 514. The summed E-state index contributed by atoms with van der Waals surface area (Å²) < 4.78 is 5.40. The van der Waals surface area contributed by atoms with Gasteiger partial charge < -0.3 is 9.84 Å². The number of rotatable bonds is 4. The topological polar surface area (TPSA) is 29.5 Å². The Morgan fingerprint density at radius 1 is 1.22 bits per heavy atom. The van der Waals surface area contributed by atoms with Crippen molar-refractivity contribution in [1.82, 2.24) is 0 Å². The first-order valence-corrected chi connectivity index (χ1v) is 6.91. The zero-order valence-electron chi connectivity index (χ0n) is 10.9. The highest BCUT2D eigenvalue weighted by molar-refractivity contribution is 7.12. The molecule has 1 aromatic heterocycles. The molecule has 3 heteroatoms. The number of hydrogen-bond acceptors (Lipinski definition) is 3. The van der Waals surface area contributed by atoms with Crippen LogP contribution in [0, 0.1) is 13.8 Å². The van der Waals surface area contributed by atoms with Crippen molar-refractivity contribution in [3.05, 3.63) is 51.2 Å². The molecule has 0 spiro atoms. The predicted molar refractivity (Wildman–Crippen MR) is 75.5 cm³/mol. The van der Waals surface area contributed by atoms with Crippen LogP contribution in [0.2, 0.25) is 0 Å². The smallest absolute Gasteiger partial charge is 0.119 e. The third kappa shape index (κ3) is 2.74. The van der Waals surface area contributed by atoms with Crippen LogP contribution in [0.15, 0.2) is 30.3 Å². The molecule has 0 aliphatic heterocycles. The van der Waals surface area contributed by atoms with Gasteiger partial charge >= 0.3 is 0 Å². The summed E-state index contributed by atoms with van der Waals surface area (Å²) in [4.78, 5) is 2.25. The van der Waals surface area contributed by atoms with Crippen LogP contribution >= 0.6 is 11.3 Å². The maximum atomic E-state index is 10.4. The van der Waals surface area contributed by atoms with E-state index in [1.165, 1.54) is 4.88 Å². The van der Waals surface area contributed by atoms with Gasteiger partial charge in [-0.05, 0) is 50.1 Å². The Kier molecular flexibility index (Phi) is 4.04. The Hall–Kier alpha value is -1.32. The lowest BCUT2D eigenvalue weighted by atomic mass is 10.1. The molecule has 0 saturated carbocycles. The van der Waals surface area contributed by atoms with Crippen LogP contribution < -0.4 is 4.74 Å². The number of aliphatic hydroxyl groups excluding tert-OH is 1. The number of aliphatic hydroxyl groups is 1. The van der Waals surface area contributed by atoms with E-state index in [2.05, 4.69) is 13.0 Å². The Morgan fingerprint density at radius 2 is 1.89 bits per heavy atom. The molecule has 0 amide bonds. The second kappa shape index (κ2) is 5.55. The van der Waals surface area contributed by atoms with Gasteiger partial charge in [0.2, 0.25) is 0 Å². The third-order valence-corrected chi connectivity index (χ3v) is 4.04. The molecule has 2 rings (SSSR count). The van der Waals surface area contributed by atoms with Crippen molar-refractivity contribution < 1.29 is 9.84 Å². The molecule has 18 heavy (non-hydrogen) atoms. The predicted octanol–water partition coefficient (Wildman–Crippen LogP) is 3.85. The number of benzene rings is 1. The molecule has 1 N–H and O–H groups in total. The van der Waals surface area contributed by atoms with Gasteiger partial charge in [-0.25, -0.2) is 0 Å². The zero-order chi connectivity index (χ0) is 13.1. The van der Waals surface area contributed by atoms with E-state index in [0.717, 1.165) is 21.8 Å². The van der Waals surface area contributed by atoms with Crippen molar-refractivity contribution in [2.24, 2.45) is 0 Å². The number of ether oxygens (including phenoxy) is 1. The van der Waals surface area contributed by atoms with Gasteiger partial charge in [0, 0.05) is 9.75 Å². The highest BCUT2D eigenvalue weighted by atomic mass is 32.1. The monoisotopic (exact) mass is 262 g/mol. The maximum absolute atomic E-state index is 10.4. The van der Waals surface area contributed by atoms with Crippen molar-refractivity contribution >= 4 is 11.3 Å². The van der Waals surface area contributed by atoms with Gasteiger partial charge in [0.1, 0.15) is 11.9 Å². The lowest BCUT2D eigenvalue weighted by Gasteiger charge is -2.11. The van der Waals surface area contributed by atoms with Crippen molar-refractivity contribution in [2.75, 3.05) is 6.61 Å². The first kappa shape index (κ1) is 13.1. The highest BCUT2D eigenvalue weighted by Gasteiger charge is 2.15. The fourth-order valence-corrected chi connectivity index (χ4v) is 3.05. The lowest BCUT2D eigenvalue weighted by Crippen LogP contribution is -1.99. The van der Waals surface area contributed by atoms with Crippen molar-refractivity contribution in [1.29, 1.82) is 0 Å². The molecule has 96 valence electrons. The Labute approximate surface area is 112 Å². The average molecular weight is 262 g/mol. The molecule has 0 radical (unpaired) electrons. The second-order valence-corrected chi connectivity index (χ2v) is 5.60. The zero-order valence-corrected chi connectivity index (χ0v) is 11.8. The van der Waals surface area contributed by atoms with E-state index in [-0.39, 0.29) is 0 Å². The van der Waals surface area contributed by atoms with Crippen molar-refractivity contribution in [3.8, 4) is 5.75 Å². The molecule has 0 bridgehead atoms. The molecular formula is C15H18O2S. The lowest BCUT2D eigenvalue weighted by molar-refractivity contribution is 0.223. The molecule has 1 atom stereocenters. The summed E-state index contributed by atoms with van der Waals surface area (Å²) in [6, 6.07) is 9.75. The summed E-state index contributed by atoms with van der Waals surface area (Å²) in [7, 11) is 0. The second-order valence-electron chi connectivity index (χ2n) is 4.31. The SMILES string of the molecule is CCOc1ccc(C(O)c2sc(C)cc2C)cc1. The minimum absolute atomic E-state index is 0.542. The quantitative estimate of drug-likeness (QED) is 0.907. The van der Waals surface area contributed by atoms with Crippen LogP contribution in [0.25, 0.3) is 0 Å². The summed E-state index contributed by atoms with van der Waals surface area (Å²) >= 11 is 1.65. The van der Waals surface area contributed by atoms with Gasteiger partial charge in [-0.2, -0.15) is 0 Å². The molecule has 0 aliphatic carbocycles. The van der Waals surface area contributed by atoms with E-state index in [1.54, 1.807) is 11.3 Å². The Morgan fingerprint density at radius 3 is 2.39 bits per heavy atom. The van der Waals surface area contributed by atoms with E-state index >= 15 is 0 Å². The van der Waals surface area contributed by atoms with Gasteiger partial charge in [0.05, 0.1) is 6.61 Å². The van der Waals surface area contributed by atoms with Crippen LogP contribution in [0.5, 0.6) is 5.75 Å². The van der Waals surface area contributed by atoms with E-state index in [4.69, 9.17) is 4.74 Å². The Balaban J connectivity index is 2.23. The number of aryl methyl sites for hydroxylation is 2. The molecular weight excluding hydrogens is 244 g/mol. The molecule has 0 aliphatic rings. The maximum Gasteiger partial charge on any atom is 0.119 e. The fourth-order valence-electron chi connectivity index (χ4n) is 2.00. The summed E-state index contributed by atoms with van der Waals surface area (Å²) in [6.45, 7) is 6.72. The highest BCUT2D eigenvalue weighted by Crippen LogP contribution is 2.32. The molecule has 0 fully saturated rings. The number of hydrogen-bond donors (Lipinski definition) is 1. The summed E-state index contributed by atoms with van der Waals surface area (Å²) in [5, 5.41) is 10.4. The molecule has 1 heterocycles. The first-order chi connectivity index (χ1) is 8.61. The van der Waals surface area contributed by atoms with Gasteiger partial charge in [-0.1, -0.05) is 12.1 Å². The van der Waals surface area contributed by atoms with E-state index in [9.17, 15) is 5.11 Å². The summed E-state index contributed by atoms with van der Waals surface area (Å²) in [5.74, 6) is 0.840. The van der Waals surface area contributed by atoms with Crippen LogP contribution in [-0.2, 0) is 0 Å². The van der Waals surface area contributed by atoms with Crippen molar-refractivity contribution in [3.63, 3.8) is 0 Å². The standard InChI is InChI=1S/C15H18O2S/c1-4-17-13-7-5-12(6-8-13)14(16)15-10(2)9-11(3)18-15/h5-9,14,16H,4H2,1-3H3. The third-order valence-electron chi connectivity index (χ3n) is 2.83. The molecule has 2 nitrogen and oxygen atoms in total. The van der Waals surface area contributed by atoms with Gasteiger partial charge in [-0.15, -0.1) is 11.3 Å². The van der Waals surface area contributed by atoms with Gasteiger partial charge in [-0.3, -0.25) is 0 Å². The van der Waals surface area contributed by atoms with Crippen LogP contribution in [0.3, 0.4) is 0 Å². The van der Waals surface area contributed by atoms with Gasteiger partial charge in [0.25, 0.3) is 0 Å². The first-order valence-electron chi connectivity index (χ1n) is 6.09. The fraction of sp³-hybridized carbons (Fsp3) is 0.333. The van der Waals surface area contributed by atoms with Crippen molar-refractivity contribution in [2.45, 2.75) is 26.9 Å². The molecule has 0 saturated heterocycles. The number of thiophene rings is 1. The molecule has 1 aromatic carbocycles. The average Bonchev–Trinajstić information content (AvgIpc) is 2.69. The van der Waals surface area contributed by atoms with E-state index in [1.807, 2.05) is 38.1 Å².